The Bertz CT molecular complexity index is 3820. The van der Waals surface area contributed by atoms with E-state index in [1.165, 1.54) is 22.3 Å². The van der Waals surface area contributed by atoms with Crippen LogP contribution < -0.4 is 9.80 Å². The molecule has 0 atom stereocenters. The molecule has 2 aliphatic rings. The van der Waals surface area contributed by atoms with Gasteiger partial charge in [0, 0.05) is 55.3 Å². The normalized spacial score (nSPS) is 13.7. The van der Waals surface area contributed by atoms with E-state index in [1.807, 2.05) is 72.8 Å². The molecule has 2 aliphatic heterocycles. The number of benzene rings is 10. The summed E-state index contributed by atoms with van der Waals surface area (Å²) in [6.07, 6.45) is 0. The lowest BCUT2D eigenvalue weighted by Crippen LogP contribution is -2.31. The minimum Gasteiger partial charge on any atom is -0.309 e. The average molecular weight is 1030 g/mol. The van der Waals surface area contributed by atoms with Crippen LogP contribution in [0.3, 0.4) is 0 Å². The Morgan fingerprint density at radius 1 is 0.225 bits per heavy atom. The molecular formula is C72H54N8. The summed E-state index contributed by atoms with van der Waals surface area (Å²) in [7, 11) is 0. The van der Waals surface area contributed by atoms with E-state index < -0.39 is 0 Å². The maximum Gasteiger partial charge on any atom is 0.164 e. The van der Waals surface area contributed by atoms with Crippen LogP contribution in [0.1, 0.15) is 49.9 Å². The highest BCUT2D eigenvalue weighted by molar-refractivity contribution is 6.01. The molecule has 0 saturated carbocycles. The highest BCUT2D eigenvalue weighted by Crippen LogP contribution is 2.57. The van der Waals surface area contributed by atoms with Crippen LogP contribution in [0.2, 0.25) is 0 Å². The van der Waals surface area contributed by atoms with E-state index in [-0.39, 0.29) is 10.8 Å². The molecule has 0 fully saturated rings. The molecule has 0 radical (unpaired) electrons. The second kappa shape index (κ2) is 19.4. The maximum atomic E-state index is 5.29. The summed E-state index contributed by atoms with van der Waals surface area (Å²) in [5.41, 5.74) is 18.0. The first-order valence-electron chi connectivity index (χ1n) is 27.2. The lowest BCUT2D eigenvalue weighted by molar-refractivity contribution is 0.631. The Morgan fingerprint density at radius 3 is 0.713 bits per heavy atom. The number of fused-ring (bicyclic) bond motifs is 4. The van der Waals surface area contributed by atoms with E-state index in [0.29, 0.717) is 34.9 Å². The lowest BCUT2D eigenvalue weighted by atomic mass is 9.73. The third-order valence-corrected chi connectivity index (χ3v) is 16.0. The van der Waals surface area contributed by atoms with Crippen LogP contribution in [0.15, 0.2) is 255 Å². The molecule has 0 saturated heterocycles. The summed E-state index contributed by atoms with van der Waals surface area (Å²) in [6.45, 7) is 9.32. The van der Waals surface area contributed by atoms with Gasteiger partial charge in [0.05, 0.1) is 34.1 Å². The topological polar surface area (TPSA) is 83.8 Å². The Balaban J connectivity index is 1.07. The van der Waals surface area contributed by atoms with Gasteiger partial charge in [-0.25, -0.2) is 29.9 Å². The SMILES string of the molecule is CC1(C)c2ccccc2N(c2cc(-c3nc(-c4ccccc4)nc(-c4ccccc4)n3)ccc2-c2ccc(-c3nc(-c4ccccc4)nc(-c4ccccc4)n3)cc2N2c3ccccc3C(C)(C)c3ccccc32)c2ccccc21. The minimum atomic E-state index is -0.298. The fourth-order valence-corrected chi connectivity index (χ4v) is 11.9. The molecule has 4 heterocycles. The number of nitrogens with zero attached hydrogens (tertiary/aromatic N) is 8. The quantitative estimate of drug-likeness (QED) is 0.141. The van der Waals surface area contributed by atoms with Gasteiger partial charge >= 0.3 is 0 Å². The zero-order valence-corrected chi connectivity index (χ0v) is 44.8. The van der Waals surface area contributed by atoms with E-state index in [9.17, 15) is 0 Å². The number of hydrogen-bond donors (Lipinski definition) is 0. The largest absolute Gasteiger partial charge is 0.309 e. The average Bonchev–Trinajstić information content (AvgIpc) is 3.10. The summed E-state index contributed by atoms with van der Waals surface area (Å²) in [4.78, 5) is 36.2. The van der Waals surface area contributed by atoms with Gasteiger partial charge in [0.2, 0.25) is 0 Å². The van der Waals surface area contributed by atoms with Crippen LogP contribution in [0.25, 0.3) is 79.5 Å². The van der Waals surface area contributed by atoms with Gasteiger partial charge in [-0.2, -0.15) is 0 Å². The summed E-state index contributed by atoms with van der Waals surface area (Å²) in [5.74, 6) is 3.54. The van der Waals surface area contributed by atoms with Crippen LogP contribution in [-0.4, -0.2) is 29.9 Å². The number of anilines is 6. The smallest absolute Gasteiger partial charge is 0.164 e. The van der Waals surface area contributed by atoms with Crippen LogP contribution >= 0.6 is 0 Å². The molecule has 8 heteroatoms. The van der Waals surface area contributed by atoms with Gasteiger partial charge < -0.3 is 9.80 Å². The highest BCUT2D eigenvalue weighted by atomic mass is 15.2. The fourth-order valence-electron chi connectivity index (χ4n) is 11.9. The molecule has 0 spiro atoms. The number of rotatable bonds is 9. The first-order valence-corrected chi connectivity index (χ1v) is 27.2. The van der Waals surface area contributed by atoms with Crippen molar-refractivity contribution < 1.29 is 0 Å². The van der Waals surface area contributed by atoms with Crippen molar-refractivity contribution >= 4 is 34.1 Å². The summed E-state index contributed by atoms with van der Waals surface area (Å²) in [6, 6.07) is 89.4. The molecule has 0 N–H and O–H groups in total. The van der Waals surface area contributed by atoms with Gasteiger partial charge in [-0.05, 0) is 58.7 Å². The molecule has 0 bridgehead atoms. The van der Waals surface area contributed by atoms with E-state index in [1.54, 1.807) is 0 Å². The summed E-state index contributed by atoms with van der Waals surface area (Å²) in [5, 5.41) is 0. The van der Waals surface area contributed by atoms with E-state index in [2.05, 4.69) is 219 Å². The number of para-hydroxylation sites is 4. The molecule has 382 valence electrons. The summed E-state index contributed by atoms with van der Waals surface area (Å²) >= 11 is 0. The molecule has 0 unspecified atom stereocenters. The van der Waals surface area contributed by atoms with Crippen molar-refractivity contribution in [3.63, 3.8) is 0 Å². The van der Waals surface area contributed by atoms with Crippen LogP contribution in [0, 0.1) is 0 Å². The predicted molar refractivity (Wildman–Crippen MR) is 325 cm³/mol. The van der Waals surface area contributed by atoms with Gasteiger partial charge in [0.15, 0.2) is 34.9 Å². The Kier molecular flexibility index (Phi) is 11.7. The minimum absolute atomic E-state index is 0.298. The van der Waals surface area contributed by atoms with Gasteiger partial charge in [-0.1, -0.05) is 246 Å². The standard InChI is InChI=1S/C72H54N8/c1-71(2)55-33-17-21-37-59(55)79(60-38-22-18-34-56(60)71)63-45-51(69-75-65(47-25-9-5-10-26-47)73-66(76-69)48-27-11-6-12-28-48)41-43-53(63)54-44-42-52(70-77-67(49-29-13-7-14-30-49)74-68(78-70)50-31-15-8-16-32-50)46-64(54)80-61-39-23-19-35-57(61)72(3,4)58-36-20-24-40-62(58)80/h5-46H,1-4H3. The van der Waals surface area contributed by atoms with Crippen molar-refractivity contribution in [2.75, 3.05) is 9.80 Å². The third kappa shape index (κ3) is 8.23. The highest BCUT2D eigenvalue weighted by Gasteiger charge is 2.40. The van der Waals surface area contributed by atoms with Gasteiger partial charge in [0.25, 0.3) is 0 Å². The molecule has 12 aromatic rings. The lowest BCUT2D eigenvalue weighted by Gasteiger charge is -2.43. The zero-order valence-electron chi connectivity index (χ0n) is 44.8. The van der Waals surface area contributed by atoms with Crippen molar-refractivity contribution in [2.24, 2.45) is 0 Å². The second-order valence-electron chi connectivity index (χ2n) is 21.5. The molecular weight excluding hydrogens is 977 g/mol. The first-order chi connectivity index (χ1) is 39.2. The summed E-state index contributed by atoms with van der Waals surface area (Å²) < 4.78 is 0. The fraction of sp³-hybridized carbons (Fsp3) is 0.0833. The van der Waals surface area contributed by atoms with Gasteiger partial charge in [0.1, 0.15) is 0 Å². The van der Waals surface area contributed by atoms with E-state index in [0.717, 1.165) is 78.6 Å². The van der Waals surface area contributed by atoms with E-state index >= 15 is 0 Å². The van der Waals surface area contributed by atoms with Gasteiger partial charge in [-0.15, -0.1) is 0 Å². The third-order valence-electron chi connectivity index (χ3n) is 16.0. The van der Waals surface area contributed by atoms with Crippen molar-refractivity contribution in [1.82, 2.24) is 29.9 Å². The van der Waals surface area contributed by atoms with Crippen LogP contribution in [0.4, 0.5) is 34.1 Å². The van der Waals surface area contributed by atoms with Crippen molar-refractivity contribution in [1.29, 1.82) is 0 Å². The monoisotopic (exact) mass is 1030 g/mol. The Morgan fingerprint density at radius 2 is 0.450 bits per heavy atom. The van der Waals surface area contributed by atoms with Gasteiger partial charge in [-0.3, -0.25) is 0 Å². The van der Waals surface area contributed by atoms with Crippen molar-refractivity contribution in [3.8, 4) is 79.5 Å². The Hall–Kier alpha value is -10.2. The van der Waals surface area contributed by atoms with E-state index in [4.69, 9.17) is 29.9 Å². The molecule has 0 amide bonds. The van der Waals surface area contributed by atoms with Crippen molar-refractivity contribution in [3.05, 3.63) is 277 Å². The second-order valence-corrected chi connectivity index (χ2v) is 21.5. The van der Waals surface area contributed by atoms with Crippen molar-refractivity contribution in [2.45, 2.75) is 38.5 Å². The molecule has 14 rings (SSSR count). The molecule has 10 aromatic carbocycles. The first kappa shape index (κ1) is 48.2. The zero-order chi connectivity index (χ0) is 54.0. The van der Waals surface area contributed by atoms with Crippen LogP contribution in [0.5, 0.6) is 0 Å². The number of hydrogen-bond acceptors (Lipinski definition) is 8. The number of aromatic nitrogens is 6. The predicted octanol–water partition coefficient (Wildman–Crippen LogP) is 17.9. The maximum absolute atomic E-state index is 5.29. The molecule has 80 heavy (non-hydrogen) atoms. The molecule has 8 nitrogen and oxygen atoms in total. The van der Waals surface area contributed by atoms with Crippen LogP contribution in [-0.2, 0) is 10.8 Å². The Labute approximate surface area is 466 Å². The molecule has 0 aliphatic carbocycles. The molecule has 2 aromatic heterocycles.